The van der Waals surface area contributed by atoms with E-state index in [-0.39, 0.29) is 23.9 Å². The smallest absolute Gasteiger partial charge is 0.224 e. The van der Waals surface area contributed by atoms with Crippen LogP contribution in [0.15, 0.2) is 29.4 Å². The molecule has 0 spiro atoms. The van der Waals surface area contributed by atoms with Crippen molar-refractivity contribution in [1.82, 2.24) is 5.32 Å². The largest absolute Gasteiger partial charge is 0.409 e. The third kappa shape index (κ3) is 6.75. The van der Waals surface area contributed by atoms with E-state index in [4.69, 9.17) is 10.9 Å². The number of rotatable bonds is 7. The number of benzene rings is 1. The number of carbonyl (C=O) groups is 1. The number of hydrogen-bond donors (Lipinski definition) is 3. The molecule has 0 atom stereocenters. The third-order valence-corrected chi connectivity index (χ3v) is 3.77. The predicted molar refractivity (Wildman–Crippen MR) is 80.0 cm³/mol. The van der Waals surface area contributed by atoms with E-state index in [1.165, 1.54) is 0 Å². The van der Waals surface area contributed by atoms with Crippen LogP contribution in [-0.2, 0) is 21.1 Å². The minimum atomic E-state index is -2.99. The molecule has 0 radical (unpaired) electrons. The average molecular weight is 313 g/mol. The normalized spacial score (nSPS) is 12.1. The fourth-order valence-corrected chi connectivity index (χ4v) is 2.33. The fourth-order valence-electron chi connectivity index (χ4n) is 1.66. The Morgan fingerprint density at radius 2 is 1.95 bits per heavy atom. The van der Waals surface area contributed by atoms with Crippen molar-refractivity contribution in [3.05, 3.63) is 35.4 Å². The first-order valence-corrected chi connectivity index (χ1v) is 8.39. The Bertz CT molecular complexity index is 609. The number of sulfone groups is 1. The molecule has 0 aliphatic rings. The van der Waals surface area contributed by atoms with Crippen LogP contribution >= 0.6 is 0 Å². The number of amidine groups is 1. The molecule has 1 amide bonds. The number of carbonyl (C=O) groups excluding carboxylic acids is 1. The molecule has 0 unspecified atom stereocenters. The van der Waals surface area contributed by atoms with Gasteiger partial charge < -0.3 is 16.3 Å². The lowest BCUT2D eigenvalue weighted by atomic mass is 10.1. The molecule has 4 N–H and O–H groups in total. The Morgan fingerprint density at radius 3 is 2.48 bits per heavy atom. The Morgan fingerprint density at radius 1 is 1.33 bits per heavy atom. The second-order valence-electron chi connectivity index (χ2n) is 4.69. The highest BCUT2D eigenvalue weighted by molar-refractivity contribution is 7.90. The summed E-state index contributed by atoms with van der Waals surface area (Å²) >= 11 is 0. The fraction of sp³-hybridized carbons (Fsp3) is 0.385. The molecule has 0 fully saturated rings. The van der Waals surface area contributed by atoms with Gasteiger partial charge in [-0.1, -0.05) is 29.4 Å². The van der Waals surface area contributed by atoms with Gasteiger partial charge in [-0.05, 0) is 12.0 Å². The third-order valence-electron chi connectivity index (χ3n) is 2.74. The van der Waals surface area contributed by atoms with Crippen molar-refractivity contribution in [1.29, 1.82) is 0 Å². The van der Waals surface area contributed by atoms with Crippen molar-refractivity contribution in [3.8, 4) is 0 Å². The first-order chi connectivity index (χ1) is 9.81. The highest BCUT2D eigenvalue weighted by Crippen LogP contribution is 2.05. The van der Waals surface area contributed by atoms with Gasteiger partial charge >= 0.3 is 0 Å². The zero-order valence-corrected chi connectivity index (χ0v) is 12.6. The molecule has 8 heteroatoms. The van der Waals surface area contributed by atoms with Gasteiger partial charge in [-0.25, -0.2) is 8.42 Å². The lowest BCUT2D eigenvalue weighted by Gasteiger charge is -2.05. The van der Waals surface area contributed by atoms with Crippen LogP contribution in [0.1, 0.15) is 17.5 Å². The van der Waals surface area contributed by atoms with Crippen LogP contribution in [0.3, 0.4) is 0 Å². The van der Waals surface area contributed by atoms with E-state index in [2.05, 4.69) is 10.5 Å². The second kappa shape index (κ2) is 7.63. The van der Waals surface area contributed by atoms with Crippen molar-refractivity contribution in [3.63, 3.8) is 0 Å². The van der Waals surface area contributed by atoms with Crippen molar-refractivity contribution in [2.45, 2.75) is 12.8 Å². The molecule has 7 nitrogen and oxygen atoms in total. The van der Waals surface area contributed by atoms with Gasteiger partial charge in [0.15, 0.2) is 5.84 Å². The molecule has 0 aliphatic heterocycles. The molecule has 1 aromatic carbocycles. The molecule has 0 saturated carbocycles. The van der Waals surface area contributed by atoms with Gasteiger partial charge in [0.05, 0.1) is 12.2 Å². The van der Waals surface area contributed by atoms with E-state index >= 15 is 0 Å². The Hall–Kier alpha value is -2.09. The first kappa shape index (κ1) is 17.0. The number of nitrogens with two attached hydrogens (primary N) is 1. The summed E-state index contributed by atoms with van der Waals surface area (Å²) in [6, 6.07) is 6.73. The summed E-state index contributed by atoms with van der Waals surface area (Å²) in [5, 5.41) is 14.1. The van der Waals surface area contributed by atoms with Crippen LogP contribution in [0.2, 0.25) is 0 Å². The van der Waals surface area contributed by atoms with E-state index in [0.717, 1.165) is 11.8 Å². The van der Waals surface area contributed by atoms with Crippen LogP contribution in [0.4, 0.5) is 0 Å². The Kier molecular flexibility index (Phi) is 6.16. The number of nitrogens with one attached hydrogen (secondary N) is 1. The van der Waals surface area contributed by atoms with E-state index in [1.54, 1.807) is 24.3 Å². The van der Waals surface area contributed by atoms with Crippen molar-refractivity contribution < 1.29 is 18.4 Å². The van der Waals surface area contributed by atoms with Crippen molar-refractivity contribution >= 4 is 21.6 Å². The highest BCUT2D eigenvalue weighted by Gasteiger charge is 2.06. The molecule has 116 valence electrons. The van der Waals surface area contributed by atoms with Crippen LogP contribution in [-0.4, -0.2) is 43.9 Å². The van der Waals surface area contributed by atoms with E-state index in [0.29, 0.717) is 18.5 Å². The molecule has 0 bridgehead atoms. The maximum absolute atomic E-state index is 11.7. The maximum atomic E-state index is 11.7. The average Bonchev–Trinajstić information content (AvgIpc) is 2.42. The van der Waals surface area contributed by atoms with Gasteiger partial charge in [-0.3, -0.25) is 4.79 Å². The van der Waals surface area contributed by atoms with Crippen LogP contribution in [0.25, 0.3) is 0 Å². The molecular formula is C13H19N3O4S. The molecule has 21 heavy (non-hydrogen) atoms. The van der Waals surface area contributed by atoms with E-state index in [9.17, 15) is 13.2 Å². The summed E-state index contributed by atoms with van der Waals surface area (Å²) in [5.74, 6) is -0.117. The van der Waals surface area contributed by atoms with Gasteiger partial charge in [0.2, 0.25) is 5.91 Å². The minimum Gasteiger partial charge on any atom is -0.409 e. The van der Waals surface area contributed by atoms with Crippen LogP contribution in [0, 0.1) is 0 Å². The molecule has 0 saturated heterocycles. The molecule has 1 rings (SSSR count). The predicted octanol–water partition coefficient (Wildman–Crippen LogP) is -0.125. The zero-order chi connectivity index (χ0) is 15.9. The quantitative estimate of drug-likeness (QED) is 0.213. The van der Waals surface area contributed by atoms with E-state index < -0.39 is 9.84 Å². The van der Waals surface area contributed by atoms with Gasteiger partial charge in [0.1, 0.15) is 9.84 Å². The minimum absolute atomic E-state index is 0.00627. The van der Waals surface area contributed by atoms with E-state index in [1.807, 2.05) is 0 Å². The molecule has 0 heterocycles. The number of amides is 1. The van der Waals surface area contributed by atoms with Crippen LogP contribution in [0.5, 0.6) is 0 Å². The number of hydrogen-bond acceptors (Lipinski definition) is 5. The van der Waals surface area contributed by atoms with Gasteiger partial charge in [0, 0.05) is 18.4 Å². The lowest BCUT2D eigenvalue weighted by molar-refractivity contribution is -0.120. The Balaban J connectivity index is 2.41. The standard InChI is InChI=1S/C13H19N3O4S/c1-21(19,20)8-2-7-15-12(17)9-10-3-5-11(6-4-10)13(14)16-18/h3-6,18H,2,7-9H2,1H3,(H2,14,16)(H,15,17). The number of nitrogens with zero attached hydrogens (tertiary/aromatic N) is 1. The lowest BCUT2D eigenvalue weighted by Crippen LogP contribution is -2.27. The topological polar surface area (TPSA) is 122 Å². The summed E-state index contributed by atoms with van der Waals surface area (Å²) < 4.78 is 21.9. The Labute approximate surface area is 123 Å². The molecule has 0 aromatic heterocycles. The van der Waals surface area contributed by atoms with Gasteiger partial charge in [0.25, 0.3) is 0 Å². The zero-order valence-electron chi connectivity index (χ0n) is 11.7. The van der Waals surface area contributed by atoms with Crippen molar-refractivity contribution in [2.24, 2.45) is 10.9 Å². The summed E-state index contributed by atoms with van der Waals surface area (Å²) in [6.07, 6.45) is 1.75. The highest BCUT2D eigenvalue weighted by atomic mass is 32.2. The monoisotopic (exact) mass is 313 g/mol. The summed E-state index contributed by atoms with van der Waals surface area (Å²) in [6.45, 7) is 0.327. The van der Waals surface area contributed by atoms with Crippen molar-refractivity contribution in [2.75, 3.05) is 18.6 Å². The maximum Gasteiger partial charge on any atom is 0.224 e. The molecular weight excluding hydrogens is 294 g/mol. The molecule has 1 aromatic rings. The summed E-state index contributed by atoms with van der Waals surface area (Å²) in [7, 11) is -2.99. The first-order valence-electron chi connectivity index (χ1n) is 6.33. The summed E-state index contributed by atoms with van der Waals surface area (Å²) in [4.78, 5) is 11.7. The van der Waals surface area contributed by atoms with Gasteiger partial charge in [-0.15, -0.1) is 0 Å². The SMILES string of the molecule is CS(=O)(=O)CCCNC(=O)Cc1ccc(C(N)=NO)cc1. The second-order valence-corrected chi connectivity index (χ2v) is 6.95. The van der Waals surface area contributed by atoms with Crippen LogP contribution < -0.4 is 11.1 Å². The van der Waals surface area contributed by atoms with Gasteiger partial charge in [-0.2, -0.15) is 0 Å². The summed E-state index contributed by atoms with van der Waals surface area (Å²) in [5.41, 5.74) is 6.78. The molecule has 0 aliphatic carbocycles. The number of oxime groups is 1.